The maximum Gasteiger partial charge on any atom is 0.288 e. The molecule has 1 aromatic carbocycles. The first-order valence-electron chi connectivity index (χ1n) is 8.00. The molecule has 1 fully saturated rings. The zero-order chi connectivity index (χ0) is 19.8. The van der Waals surface area contributed by atoms with Crippen LogP contribution in [0.1, 0.15) is 15.2 Å². The molecule has 1 saturated heterocycles. The Morgan fingerprint density at radius 2 is 1.85 bits per heavy atom. The van der Waals surface area contributed by atoms with Crippen LogP contribution in [0, 0.1) is 17.0 Å². The second kappa shape index (κ2) is 7.55. The van der Waals surface area contributed by atoms with E-state index in [1.807, 2.05) is 6.92 Å². The Hall–Kier alpha value is -2.01. The number of carbonyl (C=O) groups excluding carboxylic acids is 1. The third-order valence-electron chi connectivity index (χ3n) is 4.23. The first-order valence-corrected chi connectivity index (χ1v) is 10.6. The van der Waals surface area contributed by atoms with Gasteiger partial charge in [0.05, 0.1) is 4.92 Å². The molecular weight excluding hydrogens is 414 g/mol. The van der Waals surface area contributed by atoms with Crippen LogP contribution in [0.15, 0.2) is 34.5 Å². The fourth-order valence-corrected chi connectivity index (χ4v) is 5.82. The van der Waals surface area contributed by atoms with E-state index in [0.29, 0.717) is 0 Å². The van der Waals surface area contributed by atoms with Crippen molar-refractivity contribution in [2.24, 2.45) is 0 Å². The highest BCUT2D eigenvalue weighted by atomic mass is 35.5. The van der Waals surface area contributed by atoms with Gasteiger partial charge >= 0.3 is 0 Å². The number of amides is 1. The van der Waals surface area contributed by atoms with Crippen molar-refractivity contribution < 1.29 is 18.1 Å². The van der Waals surface area contributed by atoms with Crippen LogP contribution in [-0.4, -0.2) is 54.6 Å². The van der Waals surface area contributed by atoms with Crippen LogP contribution >= 0.6 is 22.9 Å². The minimum atomic E-state index is -3.57. The SMILES string of the molecule is Cc1ccc(S(=O)(=O)N2CCN(C(=O)c3ccc(Cl)c([N+](=O)[O-])c3)CC2)s1. The van der Waals surface area contributed by atoms with Gasteiger partial charge in [-0.05, 0) is 31.2 Å². The maximum atomic E-state index is 12.6. The predicted molar refractivity (Wildman–Crippen MR) is 102 cm³/mol. The normalized spacial score (nSPS) is 15.7. The van der Waals surface area contributed by atoms with Crippen LogP contribution in [0.4, 0.5) is 5.69 Å². The molecule has 1 aliphatic rings. The molecule has 2 aromatic rings. The number of nitro groups is 1. The highest BCUT2D eigenvalue weighted by Crippen LogP contribution is 2.27. The molecule has 0 spiro atoms. The summed E-state index contributed by atoms with van der Waals surface area (Å²) in [6.07, 6.45) is 0. The summed E-state index contributed by atoms with van der Waals surface area (Å²) in [5.74, 6) is -0.390. The summed E-state index contributed by atoms with van der Waals surface area (Å²) in [6, 6.07) is 7.22. The van der Waals surface area contributed by atoms with E-state index in [4.69, 9.17) is 11.6 Å². The summed E-state index contributed by atoms with van der Waals surface area (Å²) >= 11 is 6.98. The van der Waals surface area contributed by atoms with Gasteiger partial charge in [-0.15, -0.1) is 11.3 Å². The zero-order valence-electron chi connectivity index (χ0n) is 14.3. The Labute approximate surface area is 165 Å². The van der Waals surface area contributed by atoms with Gasteiger partial charge in [0, 0.05) is 42.7 Å². The number of nitrogens with zero attached hydrogens (tertiary/aromatic N) is 3. The van der Waals surface area contributed by atoms with E-state index in [-0.39, 0.29) is 46.7 Å². The summed E-state index contributed by atoms with van der Waals surface area (Å²) in [5, 5.41) is 10.9. The Morgan fingerprint density at radius 1 is 1.19 bits per heavy atom. The fraction of sp³-hybridized carbons (Fsp3) is 0.312. The molecule has 0 unspecified atom stereocenters. The van der Waals surface area contributed by atoms with Crippen LogP contribution in [0.5, 0.6) is 0 Å². The smallest absolute Gasteiger partial charge is 0.288 e. The van der Waals surface area contributed by atoms with E-state index >= 15 is 0 Å². The lowest BCUT2D eigenvalue weighted by Crippen LogP contribution is -2.50. The van der Waals surface area contributed by atoms with Crippen LogP contribution in [0.25, 0.3) is 0 Å². The predicted octanol–water partition coefficient (Wildman–Crippen LogP) is 2.76. The van der Waals surface area contributed by atoms with E-state index in [1.165, 1.54) is 32.7 Å². The van der Waals surface area contributed by atoms with Gasteiger partial charge in [0.15, 0.2) is 0 Å². The van der Waals surface area contributed by atoms with Crippen molar-refractivity contribution in [3.8, 4) is 0 Å². The molecular formula is C16H16ClN3O5S2. The Morgan fingerprint density at radius 3 is 2.41 bits per heavy atom. The molecule has 11 heteroatoms. The van der Waals surface area contributed by atoms with E-state index in [9.17, 15) is 23.3 Å². The van der Waals surface area contributed by atoms with E-state index in [1.54, 1.807) is 12.1 Å². The lowest BCUT2D eigenvalue weighted by atomic mass is 10.1. The Bertz CT molecular complexity index is 997. The summed E-state index contributed by atoms with van der Waals surface area (Å²) < 4.78 is 26.9. The summed E-state index contributed by atoms with van der Waals surface area (Å²) in [5.41, 5.74) is -0.187. The van der Waals surface area contributed by atoms with Crippen molar-refractivity contribution in [1.29, 1.82) is 0 Å². The Balaban J connectivity index is 1.71. The highest BCUT2D eigenvalue weighted by Gasteiger charge is 2.31. The van der Waals surface area contributed by atoms with Crippen molar-refractivity contribution in [2.45, 2.75) is 11.1 Å². The van der Waals surface area contributed by atoms with E-state index in [2.05, 4.69) is 0 Å². The quantitative estimate of drug-likeness (QED) is 0.549. The molecule has 0 aliphatic carbocycles. The first kappa shape index (κ1) is 19.7. The molecule has 8 nitrogen and oxygen atoms in total. The molecule has 0 atom stereocenters. The van der Waals surface area contributed by atoms with Gasteiger partial charge in [-0.2, -0.15) is 4.31 Å². The van der Waals surface area contributed by atoms with Gasteiger partial charge < -0.3 is 4.90 Å². The Kier molecular flexibility index (Phi) is 5.52. The number of benzene rings is 1. The number of carbonyl (C=O) groups is 1. The molecule has 1 amide bonds. The molecule has 0 radical (unpaired) electrons. The average molecular weight is 430 g/mol. The minimum Gasteiger partial charge on any atom is -0.336 e. The van der Waals surface area contributed by atoms with Crippen molar-refractivity contribution >= 4 is 44.6 Å². The number of nitro benzene ring substituents is 1. The number of piperazine rings is 1. The largest absolute Gasteiger partial charge is 0.336 e. The summed E-state index contributed by atoms with van der Waals surface area (Å²) in [6.45, 7) is 2.59. The monoisotopic (exact) mass is 429 g/mol. The van der Waals surface area contributed by atoms with E-state index in [0.717, 1.165) is 10.9 Å². The number of sulfonamides is 1. The van der Waals surface area contributed by atoms with Gasteiger partial charge in [-0.25, -0.2) is 8.42 Å². The van der Waals surface area contributed by atoms with Crippen molar-refractivity contribution in [3.63, 3.8) is 0 Å². The van der Waals surface area contributed by atoms with Crippen LogP contribution < -0.4 is 0 Å². The second-order valence-corrected chi connectivity index (χ2v) is 9.84. The van der Waals surface area contributed by atoms with Gasteiger partial charge in [0.2, 0.25) is 0 Å². The molecule has 1 aromatic heterocycles. The number of thiophene rings is 1. The summed E-state index contributed by atoms with van der Waals surface area (Å²) in [7, 11) is -3.57. The minimum absolute atomic E-state index is 0.0429. The number of hydrogen-bond acceptors (Lipinski definition) is 6. The van der Waals surface area contributed by atoms with Crippen molar-refractivity contribution in [2.75, 3.05) is 26.2 Å². The third kappa shape index (κ3) is 3.98. The first-order chi connectivity index (χ1) is 12.7. The van der Waals surface area contributed by atoms with Gasteiger partial charge in [-0.1, -0.05) is 11.6 Å². The molecule has 0 N–H and O–H groups in total. The second-order valence-electron chi connectivity index (χ2n) is 5.98. The van der Waals surface area contributed by atoms with E-state index < -0.39 is 20.9 Å². The highest BCUT2D eigenvalue weighted by molar-refractivity contribution is 7.91. The lowest BCUT2D eigenvalue weighted by molar-refractivity contribution is -0.384. The maximum absolute atomic E-state index is 12.6. The fourth-order valence-electron chi connectivity index (χ4n) is 2.78. The number of rotatable bonds is 4. The average Bonchev–Trinajstić information content (AvgIpc) is 3.08. The van der Waals surface area contributed by atoms with Gasteiger partial charge in [0.1, 0.15) is 9.23 Å². The van der Waals surface area contributed by atoms with Crippen molar-refractivity contribution in [1.82, 2.24) is 9.21 Å². The molecule has 1 aliphatic heterocycles. The standard InChI is InChI=1S/C16H16ClN3O5S2/c1-11-2-5-15(26-11)27(24,25)19-8-6-18(7-9-19)16(21)12-3-4-13(17)14(10-12)20(22)23/h2-5,10H,6-9H2,1H3. The zero-order valence-corrected chi connectivity index (χ0v) is 16.7. The summed E-state index contributed by atoms with van der Waals surface area (Å²) in [4.78, 5) is 25.3. The number of aryl methyl sites for hydroxylation is 1. The molecule has 3 rings (SSSR count). The molecule has 144 valence electrons. The van der Waals surface area contributed by atoms with Crippen molar-refractivity contribution in [3.05, 3.63) is 55.9 Å². The van der Waals surface area contributed by atoms with Crippen LogP contribution in [0.2, 0.25) is 5.02 Å². The van der Waals surface area contributed by atoms with Gasteiger partial charge in [0.25, 0.3) is 21.6 Å². The molecule has 2 heterocycles. The number of halogens is 1. The van der Waals surface area contributed by atoms with Gasteiger partial charge in [-0.3, -0.25) is 14.9 Å². The molecule has 0 bridgehead atoms. The van der Waals surface area contributed by atoms with Crippen LogP contribution in [-0.2, 0) is 10.0 Å². The van der Waals surface area contributed by atoms with Crippen LogP contribution in [0.3, 0.4) is 0 Å². The molecule has 27 heavy (non-hydrogen) atoms. The topological polar surface area (TPSA) is 101 Å². The lowest BCUT2D eigenvalue weighted by Gasteiger charge is -2.33. The molecule has 0 saturated carbocycles. The number of hydrogen-bond donors (Lipinski definition) is 0. The third-order valence-corrected chi connectivity index (χ3v) is 7.91.